The lowest BCUT2D eigenvalue weighted by atomic mass is 9.94. The molecular formula is C15H24N2O2. The summed E-state index contributed by atoms with van der Waals surface area (Å²) in [6.45, 7) is 7.57. The number of hydrogen-bond donors (Lipinski definition) is 2. The Balaban J connectivity index is 2.01. The zero-order valence-electron chi connectivity index (χ0n) is 11.8. The second-order valence-corrected chi connectivity index (χ2v) is 5.40. The lowest BCUT2D eigenvalue weighted by Gasteiger charge is -2.35. The van der Waals surface area contributed by atoms with Crippen LogP contribution in [0.4, 0.5) is 0 Å². The van der Waals surface area contributed by atoms with Crippen molar-refractivity contribution in [2.24, 2.45) is 11.7 Å². The Hall–Kier alpha value is -1.26. The average molecular weight is 264 g/mol. The second-order valence-electron chi connectivity index (χ2n) is 5.40. The molecule has 1 aromatic carbocycles. The van der Waals surface area contributed by atoms with Crippen molar-refractivity contribution in [1.82, 2.24) is 4.90 Å². The molecule has 3 N–H and O–H groups in total. The van der Waals surface area contributed by atoms with Gasteiger partial charge in [-0.15, -0.1) is 0 Å². The molecule has 1 heterocycles. The normalized spacial score (nSPS) is 24.4. The van der Waals surface area contributed by atoms with Crippen molar-refractivity contribution in [3.63, 3.8) is 0 Å². The number of piperidine rings is 1. The highest BCUT2D eigenvalue weighted by Gasteiger charge is 2.23. The molecule has 1 fully saturated rings. The molecule has 2 atom stereocenters. The van der Waals surface area contributed by atoms with Gasteiger partial charge in [0, 0.05) is 19.1 Å². The third-order valence-electron chi connectivity index (χ3n) is 3.83. The van der Waals surface area contributed by atoms with Gasteiger partial charge in [-0.25, -0.2) is 0 Å². The van der Waals surface area contributed by atoms with Crippen LogP contribution < -0.4 is 10.5 Å². The number of nitrogens with two attached hydrogens (primary N) is 1. The molecule has 1 saturated heterocycles. The van der Waals surface area contributed by atoms with E-state index in [4.69, 9.17) is 10.5 Å². The first-order chi connectivity index (χ1) is 9.10. The van der Waals surface area contributed by atoms with Crippen molar-refractivity contribution in [1.29, 1.82) is 0 Å². The van der Waals surface area contributed by atoms with Crippen LogP contribution in [-0.2, 0) is 6.54 Å². The predicted molar refractivity (Wildman–Crippen MR) is 76.3 cm³/mol. The van der Waals surface area contributed by atoms with E-state index in [9.17, 15) is 5.11 Å². The third-order valence-corrected chi connectivity index (χ3v) is 3.83. The second kappa shape index (κ2) is 6.26. The molecule has 106 valence electrons. The van der Waals surface area contributed by atoms with E-state index in [0.29, 0.717) is 18.3 Å². The fourth-order valence-electron chi connectivity index (χ4n) is 2.50. The maximum Gasteiger partial charge on any atom is 0.161 e. The van der Waals surface area contributed by atoms with Crippen LogP contribution in [0.5, 0.6) is 11.5 Å². The molecule has 19 heavy (non-hydrogen) atoms. The highest BCUT2D eigenvalue weighted by Crippen LogP contribution is 2.28. The minimum absolute atomic E-state index is 0.203. The molecule has 1 aromatic rings. The van der Waals surface area contributed by atoms with Crippen LogP contribution in [0.15, 0.2) is 18.2 Å². The monoisotopic (exact) mass is 264 g/mol. The zero-order valence-corrected chi connectivity index (χ0v) is 11.8. The van der Waals surface area contributed by atoms with Crippen LogP contribution in [0, 0.1) is 5.92 Å². The number of hydrogen-bond acceptors (Lipinski definition) is 4. The number of likely N-dealkylation sites (tertiary alicyclic amines) is 1. The molecular weight excluding hydrogens is 240 g/mol. The summed E-state index contributed by atoms with van der Waals surface area (Å²) in [6.07, 6.45) is 1.15. The summed E-state index contributed by atoms with van der Waals surface area (Å²) in [5, 5.41) is 9.69. The zero-order chi connectivity index (χ0) is 13.8. The number of aromatic hydroxyl groups is 1. The topological polar surface area (TPSA) is 58.7 Å². The van der Waals surface area contributed by atoms with Crippen molar-refractivity contribution < 1.29 is 9.84 Å². The quantitative estimate of drug-likeness (QED) is 0.873. The Morgan fingerprint density at radius 3 is 2.95 bits per heavy atom. The van der Waals surface area contributed by atoms with Crippen LogP contribution in [0.25, 0.3) is 0 Å². The van der Waals surface area contributed by atoms with Gasteiger partial charge in [-0.1, -0.05) is 13.0 Å². The molecule has 0 spiro atoms. The average Bonchev–Trinajstić information content (AvgIpc) is 2.38. The van der Waals surface area contributed by atoms with Gasteiger partial charge >= 0.3 is 0 Å². The maximum atomic E-state index is 9.69. The van der Waals surface area contributed by atoms with Crippen LogP contribution in [0.2, 0.25) is 0 Å². The van der Waals surface area contributed by atoms with Gasteiger partial charge in [0.05, 0.1) is 6.61 Å². The van der Waals surface area contributed by atoms with Crippen LogP contribution in [-0.4, -0.2) is 35.7 Å². The minimum atomic E-state index is 0.203. The van der Waals surface area contributed by atoms with Crippen LogP contribution >= 0.6 is 0 Å². The van der Waals surface area contributed by atoms with Crippen molar-refractivity contribution >= 4 is 0 Å². The number of phenolic OH excluding ortho intramolecular Hbond substituents is 1. The third kappa shape index (κ3) is 3.61. The number of benzene rings is 1. The SMILES string of the molecule is CCOc1cc(CN2CCC(C)C(N)C2)ccc1O. The molecule has 1 aliphatic rings. The molecule has 4 nitrogen and oxygen atoms in total. The van der Waals surface area contributed by atoms with E-state index >= 15 is 0 Å². The van der Waals surface area contributed by atoms with E-state index in [2.05, 4.69) is 11.8 Å². The summed E-state index contributed by atoms with van der Waals surface area (Å²) < 4.78 is 5.41. The Labute approximate surface area is 115 Å². The lowest BCUT2D eigenvalue weighted by molar-refractivity contribution is 0.162. The van der Waals surface area contributed by atoms with Crippen molar-refractivity contribution in [2.45, 2.75) is 32.9 Å². The highest BCUT2D eigenvalue weighted by molar-refractivity contribution is 5.41. The summed E-state index contributed by atoms with van der Waals surface area (Å²) in [7, 11) is 0. The first kappa shape index (κ1) is 14.2. The lowest BCUT2D eigenvalue weighted by Crippen LogP contribution is -2.47. The molecule has 0 saturated carbocycles. The summed E-state index contributed by atoms with van der Waals surface area (Å²) in [5.41, 5.74) is 7.27. The maximum absolute atomic E-state index is 9.69. The fraction of sp³-hybridized carbons (Fsp3) is 0.600. The fourth-order valence-corrected chi connectivity index (χ4v) is 2.50. The molecule has 1 aliphatic heterocycles. The predicted octanol–water partition coefficient (Wildman–Crippen LogP) is 1.96. The van der Waals surface area contributed by atoms with Gasteiger partial charge in [0.15, 0.2) is 11.5 Å². The molecule has 2 rings (SSSR count). The van der Waals surface area contributed by atoms with E-state index < -0.39 is 0 Å². The summed E-state index contributed by atoms with van der Waals surface area (Å²) >= 11 is 0. The van der Waals surface area contributed by atoms with E-state index in [1.165, 1.54) is 0 Å². The number of rotatable bonds is 4. The van der Waals surface area contributed by atoms with E-state index in [-0.39, 0.29) is 11.8 Å². The van der Waals surface area contributed by atoms with Crippen LogP contribution in [0.3, 0.4) is 0 Å². The summed E-state index contributed by atoms with van der Waals surface area (Å²) in [5.74, 6) is 1.37. The van der Waals surface area contributed by atoms with E-state index in [1.807, 2.05) is 19.1 Å². The molecule has 0 bridgehead atoms. The van der Waals surface area contributed by atoms with Gasteiger partial charge in [0.25, 0.3) is 0 Å². The van der Waals surface area contributed by atoms with Crippen LogP contribution in [0.1, 0.15) is 25.8 Å². The molecule has 2 unspecified atom stereocenters. The molecule has 4 heteroatoms. The molecule has 0 aromatic heterocycles. The number of nitrogens with zero attached hydrogens (tertiary/aromatic N) is 1. The number of phenols is 1. The van der Waals surface area contributed by atoms with Gasteiger partial charge in [-0.2, -0.15) is 0 Å². The molecule has 0 amide bonds. The standard InChI is InChI=1S/C15H24N2O2/c1-3-19-15-8-12(4-5-14(15)18)9-17-7-6-11(2)13(16)10-17/h4-5,8,11,13,18H,3,6-7,9-10,16H2,1-2H3. The van der Waals surface area contributed by atoms with Gasteiger partial charge < -0.3 is 15.6 Å². The summed E-state index contributed by atoms with van der Waals surface area (Å²) in [6, 6.07) is 5.83. The smallest absolute Gasteiger partial charge is 0.161 e. The minimum Gasteiger partial charge on any atom is -0.504 e. The van der Waals surface area contributed by atoms with Crippen molar-refractivity contribution in [3.05, 3.63) is 23.8 Å². The Kier molecular flexibility index (Phi) is 4.66. The highest BCUT2D eigenvalue weighted by atomic mass is 16.5. The van der Waals surface area contributed by atoms with Gasteiger partial charge in [0.2, 0.25) is 0 Å². The van der Waals surface area contributed by atoms with Crippen molar-refractivity contribution in [3.8, 4) is 11.5 Å². The van der Waals surface area contributed by atoms with Gasteiger partial charge in [0.1, 0.15) is 0 Å². The van der Waals surface area contributed by atoms with E-state index in [1.54, 1.807) is 6.07 Å². The van der Waals surface area contributed by atoms with Gasteiger partial charge in [-0.05, 0) is 43.5 Å². The first-order valence-corrected chi connectivity index (χ1v) is 7.02. The molecule has 0 aliphatic carbocycles. The Bertz CT molecular complexity index is 423. The Morgan fingerprint density at radius 2 is 2.26 bits per heavy atom. The first-order valence-electron chi connectivity index (χ1n) is 7.02. The molecule has 0 radical (unpaired) electrons. The number of ether oxygens (including phenoxy) is 1. The van der Waals surface area contributed by atoms with Gasteiger partial charge in [-0.3, -0.25) is 4.90 Å². The summed E-state index contributed by atoms with van der Waals surface area (Å²) in [4.78, 5) is 2.37. The van der Waals surface area contributed by atoms with E-state index in [0.717, 1.165) is 31.6 Å². The largest absolute Gasteiger partial charge is 0.504 e. The van der Waals surface area contributed by atoms with Crippen molar-refractivity contribution in [2.75, 3.05) is 19.7 Å². The Morgan fingerprint density at radius 1 is 1.47 bits per heavy atom.